The molecule has 1 aromatic carbocycles. The van der Waals surface area contributed by atoms with Crippen molar-refractivity contribution in [3.05, 3.63) is 28.7 Å². The van der Waals surface area contributed by atoms with E-state index in [1.54, 1.807) is 18.9 Å². The number of carbonyl (C=O) groups is 1. The summed E-state index contributed by atoms with van der Waals surface area (Å²) in [6.07, 6.45) is 0. The van der Waals surface area contributed by atoms with Gasteiger partial charge in [0, 0.05) is 30.7 Å². The van der Waals surface area contributed by atoms with E-state index >= 15 is 0 Å². The van der Waals surface area contributed by atoms with Crippen LogP contribution in [-0.2, 0) is 9.53 Å². The largest absolute Gasteiger partial charge is 0.383 e. The van der Waals surface area contributed by atoms with Gasteiger partial charge in [-0.1, -0.05) is 15.9 Å². The van der Waals surface area contributed by atoms with E-state index in [2.05, 4.69) is 15.9 Å². The van der Waals surface area contributed by atoms with Gasteiger partial charge in [-0.15, -0.1) is 0 Å². The second-order valence-electron chi connectivity index (χ2n) is 3.14. The topological polar surface area (TPSA) is 29.5 Å². The summed E-state index contributed by atoms with van der Waals surface area (Å²) in [5.41, 5.74) is 0.891. The minimum Gasteiger partial charge on any atom is -0.383 e. The van der Waals surface area contributed by atoms with E-state index < -0.39 is 0 Å². The lowest BCUT2D eigenvalue weighted by Crippen LogP contribution is -2.31. The lowest BCUT2D eigenvalue weighted by molar-refractivity contribution is -0.116. The Bertz CT molecular complexity index is 324. The molecule has 0 aliphatic rings. The fourth-order valence-electron chi connectivity index (χ4n) is 1.27. The molecule has 0 aromatic heterocycles. The van der Waals surface area contributed by atoms with Crippen LogP contribution in [0.3, 0.4) is 0 Å². The molecule has 1 aromatic rings. The first-order valence-electron chi connectivity index (χ1n) is 4.67. The number of hydrogen-bond acceptors (Lipinski definition) is 2. The third-order valence-electron chi connectivity index (χ3n) is 2.04. The third-order valence-corrected chi connectivity index (χ3v) is 2.57. The Hall–Kier alpha value is -0.870. The Morgan fingerprint density at radius 2 is 2.00 bits per heavy atom. The van der Waals surface area contributed by atoms with E-state index in [4.69, 9.17) is 4.74 Å². The molecule has 0 saturated carbocycles. The summed E-state index contributed by atoms with van der Waals surface area (Å²) in [7, 11) is 1.62. The highest BCUT2D eigenvalue weighted by Gasteiger charge is 2.10. The van der Waals surface area contributed by atoms with Crippen molar-refractivity contribution in [2.75, 3.05) is 25.2 Å². The number of halogens is 1. The van der Waals surface area contributed by atoms with Crippen LogP contribution in [0.5, 0.6) is 0 Å². The van der Waals surface area contributed by atoms with Gasteiger partial charge in [0.05, 0.1) is 6.61 Å². The zero-order valence-electron chi connectivity index (χ0n) is 8.87. The second kappa shape index (κ2) is 5.88. The molecule has 15 heavy (non-hydrogen) atoms. The number of rotatable bonds is 4. The van der Waals surface area contributed by atoms with Crippen molar-refractivity contribution in [1.82, 2.24) is 0 Å². The van der Waals surface area contributed by atoms with Gasteiger partial charge in [-0.25, -0.2) is 0 Å². The first-order valence-corrected chi connectivity index (χ1v) is 5.47. The Labute approximate surface area is 98.2 Å². The van der Waals surface area contributed by atoms with Crippen molar-refractivity contribution in [2.45, 2.75) is 6.92 Å². The number of amides is 1. The summed E-state index contributed by atoms with van der Waals surface area (Å²) in [4.78, 5) is 13.1. The average Bonchev–Trinajstić information content (AvgIpc) is 2.21. The zero-order valence-corrected chi connectivity index (χ0v) is 10.5. The van der Waals surface area contributed by atoms with Gasteiger partial charge in [0.2, 0.25) is 5.91 Å². The van der Waals surface area contributed by atoms with Crippen LogP contribution in [0.25, 0.3) is 0 Å². The fourth-order valence-corrected chi connectivity index (χ4v) is 1.54. The second-order valence-corrected chi connectivity index (χ2v) is 4.06. The fraction of sp³-hybridized carbons (Fsp3) is 0.364. The molecule has 0 radical (unpaired) electrons. The Morgan fingerprint density at radius 1 is 1.40 bits per heavy atom. The van der Waals surface area contributed by atoms with Gasteiger partial charge in [0.15, 0.2) is 0 Å². The molecule has 0 fully saturated rings. The van der Waals surface area contributed by atoms with E-state index in [0.29, 0.717) is 13.2 Å². The molecule has 0 atom stereocenters. The Morgan fingerprint density at radius 3 is 2.47 bits per heavy atom. The van der Waals surface area contributed by atoms with E-state index in [0.717, 1.165) is 10.2 Å². The van der Waals surface area contributed by atoms with E-state index in [1.807, 2.05) is 24.3 Å². The van der Waals surface area contributed by atoms with Crippen LogP contribution < -0.4 is 4.90 Å². The summed E-state index contributed by atoms with van der Waals surface area (Å²) in [5, 5.41) is 0. The molecule has 4 heteroatoms. The standard InChI is InChI=1S/C11H14BrNO2/c1-9(14)13(7-8-15-2)11-5-3-10(12)4-6-11/h3-6H,7-8H2,1-2H3. The van der Waals surface area contributed by atoms with Gasteiger partial charge in [0.1, 0.15) is 0 Å². The van der Waals surface area contributed by atoms with Crippen LogP contribution in [0.15, 0.2) is 28.7 Å². The summed E-state index contributed by atoms with van der Waals surface area (Å²) < 4.78 is 5.97. The van der Waals surface area contributed by atoms with Crippen LogP contribution >= 0.6 is 15.9 Å². The highest BCUT2D eigenvalue weighted by molar-refractivity contribution is 9.10. The highest BCUT2D eigenvalue weighted by atomic mass is 79.9. The van der Waals surface area contributed by atoms with Gasteiger partial charge in [-0.3, -0.25) is 4.79 Å². The summed E-state index contributed by atoms with van der Waals surface area (Å²) in [6.45, 7) is 2.67. The first-order chi connectivity index (χ1) is 7.15. The van der Waals surface area contributed by atoms with Gasteiger partial charge in [0.25, 0.3) is 0 Å². The van der Waals surface area contributed by atoms with Gasteiger partial charge in [-0.05, 0) is 24.3 Å². The molecule has 0 N–H and O–H groups in total. The first kappa shape index (κ1) is 12.2. The number of hydrogen-bond donors (Lipinski definition) is 0. The summed E-state index contributed by atoms with van der Waals surface area (Å²) in [5.74, 6) is 0.0226. The zero-order chi connectivity index (χ0) is 11.3. The normalized spacial score (nSPS) is 10.1. The molecule has 0 aliphatic carbocycles. The van der Waals surface area contributed by atoms with Crippen molar-refractivity contribution < 1.29 is 9.53 Å². The molecule has 3 nitrogen and oxygen atoms in total. The lowest BCUT2D eigenvalue weighted by atomic mass is 10.3. The van der Waals surface area contributed by atoms with Gasteiger partial charge < -0.3 is 9.64 Å². The minimum atomic E-state index is 0.0226. The summed E-state index contributed by atoms with van der Waals surface area (Å²) >= 11 is 3.36. The maximum Gasteiger partial charge on any atom is 0.223 e. The molecule has 0 heterocycles. The maximum atomic E-state index is 11.4. The molecular formula is C11H14BrNO2. The highest BCUT2D eigenvalue weighted by Crippen LogP contribution is 2.18. The number of methoxy groups -OCH3 is 1. The Balaban J connectivity index is 2.79. The van der Waals surface area contributed by atoms with Crippen molar-refractivity contribution in [3.8, 4) is 0 Å². The smallest absolute Gasteiger partial charge is 0.223 e. The van der Waals surface area contributed by atoms with Crippen LogP contribution in [0.2, 0.25) is 0 Å². The van der Waals surface area contributed by atoms with Crippen LogP contribution in [0, 0.1) is 0 Å². The molecule has 1 rings (SSSR count). The number of carbonyl (C=O) groups excluding carboxylic acids is 1. The molecule has 82 valence electrons. The average molecular weight is 272 g/mol. The van der Waals surface area contributed by atoms with Gasteiger partial charge in [-0.2, -0.15) is 0 Å². The van der Waals surface area contributed by atoms with Gasteiger partial charge >= 0.3 is 0 Å². The third kappa shape index (κ3) is 3.64. The van der Waals surface area contributed by atoms with Crippen molar-refractivity contribution in [1.29, 1.82) is 0 Å². The molecule has 0 bridgehead atoms. The number of ether oxygens (including phenoxy) is 1. The number of nitrogens with zero attached hydrogens (tertiary/aromatic N) is 1. The number of benzene rings is 1. The molecule has 0 aliphatic heterocycles. The molecule has 1 amide bonds. The van der Waals surface area contributed by atoms with Crippen LogP contribution in [0.4, 0.5) is 5.69 Å². The van der Waals surface area contributed by atoms with Crippen molar-refractivity contribution in [2.24, 2.45) is 0 Å². The Kier molecular flexibility index (Phi) is 4.78. The predicted molar refractivity (Wildman–Crippen MR) is 64.0 cm³/mol. The lowest BCUT2D eigenvalue weighted by Gasteiger charge is -2.20. The SMILES string of the molecule is COCCN(C(C)=O)c1ccc(Br)cc1. The maximum absolute atomic E-state index is 11.4. The van der Waals surface area contributed by atoms with Crippen molar-refractivity contribution in [3.63, 3.8) is 0 Å². The number of anilines is 1. The molecule has 0 unspecified atom stereocenters. The molecule has 0 saturated heterocycles. The summed E-state index contributed by atoms with van der Waals surface area (Å²) in [6, 6.07) is 7.64. The van der Waals surface area contributed by atoms with Crippen molar-refractivity contribution >= 4 is 27.5 Å². The quantitative estimate of drug-likeness (QED) is 0.842. The van der Waals surface area contributed by atoms with E-state index in [-0.39, 0.29) is 5.91 Å². The predicted octanol–water partition coefficient (Wildman–Crippen LogP) is 2.45. The molecule has 0 spiro atoms. The van der Waals surface area contributed by atoms with Crippen LogP contribution in [0.1, 0.15) is 6.92 Å². The minimum absolute atomic E-state index is 0.0226. The monoisotopic (exact) mass is 271 g/mol. The van der Waals surface area contributed by atoms with E-state index in [9.17, 15) is 4.79 Å². The van der Waals surface area contributed by atoms with Crippen LogP contribution in [-0.4, -0.2) is 26.2 Å². The van der Waals surface area contributed by atoms with E-state index in [1.165, 1.54) is 0 Å². The molecular weight excluding hydrogens is 258 g/mol.